The van der Waals surface area contributed by atoms with Gasteiger partial charge >= 0.3 is 0 Å². The fourth-order valence-electron chi connectivity index (χ4n) is 1.15. The number of nitrogens with zero attached hydrogens (tertiary/aromatic N) is 1. The molecule has 0 atom stereocenters. The summed E-state index contributed by atoms with van der Waals surface area (Å²) in [5, 5.41) is 1.13. The van der Waals surface area contributed by atoms with Gasteiger partial charge < -0.3 is 0 Å². The number of aromatic nitrogens is 1. The molecule has 4 heteroatoms. The van der Waals surface area contributed by atoms with Crippen molar-refractivity contribution in [2.75, 3.05) is 0 Å². The van der Waals surface area contributed by atoms with Crippen LogP contribution in [0.3, 0.4) is 0 Å². The molecule has 0 saturated carbocycles. The van der Waals surface area contributed by atoms with E-state index in [1.807, 2.05) is 0 Å². The van der Waals surface area contributed by atoms with Crippen LogP contribution in [0.15, 0.2) is 28.9 Å². The van der Waals surface area contributed by atoms with Crippen molar-refractivity contribution in [3.05, 3.63) is 39.7 Å². The van der Waals surface area contributed by atoms with E-state index in [-0.39, 0.29) is 5.82 Å². The van der Waals surface area contributed by atoms with E-state index in [2.05, 4.69) is 20.9 Å². The molecule has 0 aliphatic heterocycles. The minimum atomic E-state index is -0.369. The number of benzene rings is 1. The molecule has 66 valence electrons. The highest BCUT2D eigenvalue weighted by Gasteiger charge is 2.05. The van der Waals surface area contributed by atoms with E-state index in [4.69, 9.17) is 11.6 Å². The third-order valence-electron chi connectivity index (χ3n) is 1.71. The normalized spacial score (nSPS) is 10.7. The van der Waals surface area contributed by atoms with E-state index in [9.17, 15) is 4.39 Å². The summed E-state index contributed by atoms with van der Waals surface area (Å²) in [7, 11) is 0. The molecule has 2 aromatic rings. The van der Waals surface area contributed by atoms with Gasteiger partial charge in [0.1, 0.15) is 5.52 Å². The number of hydrogen-bond acceptors (Lipinski definition) is 1. The van der Waals surface area contributed by atoms with E-state index < -0.39 is 0 Å². The Bertz CT molecular complexity index is 472. The maximum Gasteiger partial charge on any atom is 0.150 e. The lowest BCUT2D eigenvalue weighted by molar-refractivity contribution is 0.636. The second-order valence-corrected chi connectivity index (χ2v) is 3.90. The molecule has 0 amide bonds. The lowest BCUT2D eigenvalue weighted by atomic mass is 10.2. The van der Waals surface area contributed by atoms with Gasteiger partial charge in [-0.1, -0.05) is 27.5 Å². The van der Waals surface area contributed by atoms with Crippen LogP contribution in [0.5, 0.6) is 0 Å². The van der Waals surface area contributed by atoms with Gasteiger partial charge in [-0.05, 0) is 18.2 Å². The first-order chi connectivity index (χ1) is 6.18. The molecule has 0 radical (unpaired) electrons. The first-order valence-electron chi connectivity index (χ1n) is 3.58. The predicted molar refractivity (Wildman–Crippen MR) is 54.4 cm³/mol. The van der Waals surface area contributed by atoms with Crippen LogP contribution in [0.2, 0.25) is 5.02 Å². The summed E-state index contributed by atoms with van der Waals surface area (Å²) in [6.45, 7) is 0. The van der Waals surface area contributed by atoms with E-state index in [1.54, 1.807) is 12.1 Å². The first-order valence-corrected chi connectivity index (χ1v) is 4.75. The van der Waals surface area contributed by atoms with E-state index in [1.165, 1.54) is 12.3 Å². The number of fused-ring (bicyclic) bond motifs is 1. The van der Waals surface area contributed by atoms with Gasteiger partial charge in [-0.2, -0.15) is 0 Å². The SMILES string of the molecule is Fc1cc(Br)cc2c(Cl)ccnc12. The number of halogens is 3. The molecule has 0 saturated heterocycles. The largest absolute Gasteiger partial charge is 0.253 e. The van der Waals surface area contributed by atoms with Gasteiger partial charge in [0.2, 0.25) is 0 Å². The molecule has 0 aliphatic carbocycles. The Balaban J connectivity index is 2.94. The minimum Gasteiger partial charge on any atom is -0.253 e. The molecule has 0 N–H and O–H groups in total. The summed E-state index contributed by atoms with van der Waals surface area (Å²) in [5.74, 6) is -0.369. The summed E-state index contributed by atoms with van der Waals surface area (Å²) in [6, 6.07) is 4.75. The van der Waals surface area contributed by atoms with E-state index >= 15 is 0 Å². The van der Waals surface area contributed by atoms with E-state index in [0.29, 0.717) is 20.4 Å². The maximum absolute atomic E-state index is 13.3. The Kier molecular flexibility index (Phi) is 2.22. The average Bonchev–Trinajstić information content (AvgIpc) is 2.07. The Labute approximate surface area is 87.7 Å². The number of hydrogen-bond donors (Lipinski definition) is 0. The lowest BCUT2D eigenvalue weighted by Crippen LogP contribution is -1.84. The third kappa shape index (κ3) is 1.54. The van der Waals surface area contributed by atoms with Crippen molar-refractivity contribution in [1.82, 2.24) is 4.98 Å². The molecule has 1 nitrogen and oxygen atoms in total. The van der Waals surface area contributed by atoms with Crippen molar-refractivity contribution in [2.45, 2.75) is 0 Å². The zero-order chi connectivity index (χ0) is 9.42. The third-order valence-corrected chi connectivity index (χ3v) is 2.50. The highest BCUT2D eigenvalue weighted by atomic mass is 79.9. The van der Waals surface area contributed by atoms with Gasteiger partial charge in [-0.25, -0.2) is 4.39 Å². The molecule has 0 fully saturated rings. The summed E-state index contributed by atoms with van der Waals surface area (Å²) in [4.78, 5) is 3.90. The second-order valence-electron chi connectivity index (χ2n) is 2.58. The topological polar surface area (TPSA) is 12.9 Å². The van der Waals surface area contributed by atoms with Crippen LogP contribution in [0.1, 0.15) is 0 Å². The quantitative estimate of drug-likeness (QED) is 0.702. The van der Waals surface area contributed by atoms with Crippen molar-refractivity contribution >= 4 is 38.4 Å². The fraction of sp³-hybridized carbons (Fsp3) is 0. The van der Waals surface area contributed by atoms with Crippen LogP contribution in [0, 0.1) is 5.82 Å². The highest BCUT2D eigenvalue weighted by molar-refractivity contribution is 9.10. The summed E-state index contributed by atoms with van der Waals surface area (Å²) < 4.78 is 13.9. The van der Waals surface area contributed by atoms with Crippen molar-refractivity contribution in [3.8, 4) is 0 Å². The Morgan fingerprint density at radius 1 is 1.38 bits per heavy atom. The summed E-state index contributed by atoms with van der Waals surface area (Å²) in [6.07, 6.45) is 1.49. The monoisotopic (exact) mass is 259 g/mol. The maximum atomic E-state index is 13.3. The molecule has 0 aliphatic rings. The smallest absolute Gasteiger partial charge is 0.150 e. The zero-order valence-electron chi connectivity index (χ0n) is 6.39. The molecule has 0 unspecified atom stereocenters. The Morgan fingerprint density at radius 3 is 2.92 bits per heavy atom. The van der Waals surface area contributed by atoms with Crippen LogP contribution in [-0.2, 0) is 0 Å². The van der Waals surface area contributed by atoms with Gasteiger partial charge in [-0.3, -0.25) is 4.98 Å². The Hall–Kier alpha value is -0.670. The zero-order valence-corrected chi connectivity index (χ0v) is 8.73. The van der Waals surface area contributed by atoms with Crippen LogP contribution >= 0.6 is 27.5 Å². The van der Waals surface area contributed by atoms with Gasteiger partial charge in [0.25, 0.3) is 0 Å². The van der Waals surface area contributed by atoms with Crippen LogP contribution < -0.4 is 0 Å². The van der Waals surface area contributed by atoms with Crippen molar-refractivity contribution < 1.29 is 4.39 Å². The lowest BCUT2D eigenvalue weighted by Gasteiger charge is -2.00. The van der Waals surface area contributed by atoms with Gasteiger partial charge in [-0.15, -0.1) is 0 Å². The molecule has 2 rings (SSSR count). The van der Waals surface area contributed by atoms with Crippen molar-refractivity contribution in [3.63, 3.8) is 0 Å². The van der Waals surface area contributed by atoms with Crippen LogP contribution in [0.4, 0.5) is 4.39 Å². The predicted octanol–water partition coefficient (Wildman–Crippen LogP) is 3.79. The first kappa shape index (κ1) is 8.91. The van der Waals surface area contributed by atoms with E-state index in [0.717, 1.165) is 0 Å². The Morgan fingerprint density at radius 2 is 2.15 bits per heavy atom. The molecule has 1 aromatic heterocycles. The molecule has 1 aromatic carbocycles. The molecule has 1 heterocycles. The van der Waals surface area contributed by atoms with Crippen molar-refractivity contribution in [1.29, 1.82) is 0 Å². The van der Waals surface area contributed by atoms with Crippen LogP contribution in [-0.4, -0.2) is 4.98 Å². The standard InChI is InChI=1S/C9H4BrClFN/c10-5-3-6-7(11)1-2-13-9(6)8(12)4-5/h1-4H. The molecular formula is C9H4BrClFN. The molecule has 0 bridgehead atoms. The summed E-state index contributed by atoms with van der Waals surface area (Å²) in [5.41, 5.74) is 0.302. The van der Waals surface area contributed by atoms with Crippen molar-refractivity contribution in [2.24, 2.45) is 0 Å². The van der Waals surface area contributed by atoms with Gasteiger partial charge in [0, 0.05) is 16.1 Å². The average molecular weight is 260 g/mol. The molecule has 13 heavy (non-hydrogen) atoms. The number of pyridine rings is 1. The highest BCUT2D eigenvalue weighted by Crippen LogP contribution is 2.26. The number of rotatable bonds is 0. The minimum absolute atomic E-state index is 0.302. The summed E-state index contributed by atoms with van der Waals surface area (Å²) >= 11 is 9.06. The van der Waals surface area contributed by atoms with Gasteiger partial charge in [0.05, 0.1) is 5.02 Å². The second kappa shape index (κ2) is 3.24. The molecule has 0 spiro atoms. The molecular weight excluding hydrogens is 256 g/mol. The van der Waals surface area contributed by atoms with Crippen LogP contribution in [0.25, 0.3) is 10.9 Å². The fourth-order valence-corrected chi connectivity index (χ4v) is 1.78. The van der Waals surface area contributed by atoms with Gasteiger partial charge in [0.15, 0.2) is 5.82 Å².